The summed E-state index contributed by atoms with van der Waals surface area (Å²) in [5.41, 5.74) is 0.906. The predicted octanol–water partition coefficient (Wildman–Crippen LogP) is 2.46. The van der Waals surface area contributed by atoms with Crippen molar-refractivity contribution in [1.29, 1.82) is 0 Å². The number of likely N-dealkylation sites (tertiary alicyclic amines) is 1. The number of carbonyl (C=O) groups excluding carboxylic acids is 1. The number of ether oxygens (including phenoxy) is 1. The van der Waals surface area contributed by atoms with Gasteiger partial charge in [0, 0.05) is 32.0 Å². The van der Waals surface area contributed by atoms with Gasteiger partial charge in [-0.15, -0.1) is 0 Å². The molecule has 1 amide bonds. The number of hydrogen-bond donors (Lipinski definition) is 0. The van der Waals surface area contributed by atoms with Gasteiger partial charge in [-0.05, 0) is 51.8 Å². The van der Waals surface area contributed by atoms with Crippen LogP contribution in [0.5, 0.6) is 0 Å². The Morgan fingerprint density at radius 2 is 2.25 bits per heavy atom. The second-order valence-electron chi connectivity index (χ2n) is 7.75. The van der Waals surface area contributed by atoms with Crippen molar-refractivity contribution in [2.24, 2.45) is 0 Å². The molecular formula is C19H29N3O2. The summed E-state index contributed by atoms with van der Waals surface area (Å²) in [5, 5.41) is 0. The molecule has 0 bridgehead atoms. The lowest BCUT2D eigenvalue weighted by Crippen LogP contribution is -2.58. The Morgan fingerprint density at radius 3 is 2.96 bits per heavy atom. The summed E-state index contributed by atoms with van der Waals surface area (Å²) in [6.07, 6.45) is 7.02. The molecule has 2 atom stereocenters. The molecule has 0 radical (unpaired) electrons. The minimum Gasteiger partial charge on any atom is -0.369 e. The first-order valence-electron chi connectivity index (χ1n) is 9.04. The van der Waals surface area contributed by atoms with Gasteiger partial charge in [-0.2, -0.15) is 0 Å². The molecule has 1 aromatic rings. The molecule has 0 unspecified atom stereocenters. The molecule has 0 N–H and O–H groups in total. The van der Waals surface area contributed by atoms with E-state index in [1.54, 1.807) is 6.20 Å². The molecule has 0 spiro atoms. The van der Waals surface area contributed by atoms with Crippen LogP contribution in [0.4, 0.5) is 0 Å². The predicted molar refractivity (Wildman–Crippen MR) is 93.5 cm³/mol. The minimum atomic E-state index is -0.268. The van der Waals surface area contributed by atoms with E-state index < -0.39 is 0 Å². The van der Waals surface area contributed by atoms with Crippen LogP contribution in [-0.2, 0) is 16.1 Å². The van der Waals surface area contributed by atoms with Gasteiger partial charge in [0.2, 0.25) is 5.91 Å². The van der Waals surface area contributed by atoms with Crippen molar-refractivity contribution in [3.05, 3.63) is 30.1 Å². The second-order valence-corrected chi connectivity index (χ2v) is 7.75. The highest BCUT2D eigenvalue weighted by Gasteiger charge is 2.38. The van der Waals surface area contributed by atoms with E-state index >= 15 is 0 Å². The van der Waals surface area contributed by atoms with Crippen molar-refractivity contribution in [1.82, 2.24) is 14.8 Å². The third-order valence-electron chi connectivity index (χ3n) is 4.89. The zero-order valence-corrected chi connectivity index (χ0v) is 15.1. The van der Waals surface area contributed by atoms with Crippen molar-refractivity contribution >= 4 is 5.91 Å². The summed E-state index contributed by atoms with van der Waals surface area (Å²) >= 11 is 0. The molecule has 2 aliphatic heterocycles. The first-order valence-corrected chi connectivity index (χ1v) is 9.04. The summed E-state index contributed by atoms with van der Waals surface area (Å²) in [7, 11) is 0. The average Bonchev–Trinajstić information content (AvgIpc) is 2.54. The number of morpholine rings is 1. The molecule has 2 fully saturated rings. The van der Waals surface area contributed by atoms with Crippen LogP contribution >= 0.6 is 0 Å². The number of pyridine rings is 1. The van der Waals surface area contributed by atoms with Crippen LogP contribution < -0.4 is 0 Å². The van der Waals surface area contributed by atoms with E-state index in [4.69, 9.17) is 4.74 Å². The summed E-state index contributed by atoms with van der Waals surface area (Å²) in [4.78, 5) is 21.7. The van der Waals surface area contributed by atoms with Crippen LogP contribution in [0.25, 0.3) is 0 Å². The van der Waals surface area contributed by atoms with E-state index in [-0.39, 0.29) is 23.7 Å². The molecule has 0 aliphatic carbocycles. The maximum atomic E-state index is 13.2. The molecular weight excluding hydrogens is 302 g/mol. The van der Waals surface area contributed by atoms with Gasteiger partial charge in [-0.1, -0.05) is 12.5 Å². The fourth-order valence-electron chi connectivity index (χ4n) is 4.02. The number of amides is 1. The van der Waals surface area contributed by atoms with Crippen molar-refractivity contribution in [3.63, 3.8) is 0 Å². The highest BCUT2D eigenvalue weighted by atomic mass is 16.5. The Balaban J connectivity index is 1.71. The SMILES string of the molecule is C[C@H]1CN(C(=O)[C@H]2CCCCN2Cc2cccnc2)CC(C)(C)O1. The molecule has 5 nitrogen and oxygen atoms in total. The van der Waals surface area contributed by atoms with Crippen LogP contribution in [0.3, 0.4) is 0 Å². The molecule has 2 saturated heterocycles. The van der Waals surface area contributed by atoms with Gasteiger partial charge in [0.1, 0.15) is 0 Å². The van der Waals surface area contributed by atoms with Gasteiger partial charge >= 0.3 is 0 Å². The Hall–Kier alpha value is -1.46. The first kappa shape index (κ1) is 17.4. The quantitative estimate of drug-likeness (QED) is 0.853. The normalized spacial score (nSPS) is 27.9. The van der Waals surface area contributed by atoms with Crippen molar-refractivity contribution in [3.8, 4) is 0 Å². The zero-order valence-electron chi connectivity index (χ0n) is 15.1. The van der Waals surface area contributed by atoms with Crippen LogP contribution in [0.1, 0.15) is 45.6 Å². The molecule has 3 rings (SSSR count). The topological polar surface area (TPSA) is 45.7 Å². The summed E-state index contributed by atoms with van der Waals surface area (Å²) in [6, 6.07) is 4.03. The number of carbonyl (C=O) groups is 1. The van der Waals surface area contributed by atoms with E-state index in [1.807, 2.05) is 17.2 Å². The fraction of sp³-hybridized carbons (Fsp3) is 0.684. The van der Waals surface area contributed by atoms with E-state index in [9.17, 15) is 4.79 Å². The van der Waals surface area contributed by atoms with E-state index in [0.717, 1.165) is 32.4 Å². The van der Waals surface area contributed by atoms with Crippen LogP contribution in [0.15, 0.2) is 24.5 Å². The van der Waals surface area contributed by atoms with Gasteiger partial charge in [0.15, 0.2) is 0 Å². The number of aromatic nitrogens is 1. The molecule has 3 heterocycles. The van der Waals surface area contributed by atoms with Crippen LogP contribution in [-0.4, -0.2) is 58.1 Å². The van der Waals surface area contributed by atoms with Gasteiger partial charge in [-0.25, -0.2) is 0 Å². The number of hydrogen-bond acceptors (Lipinski definition) is 4. The Kier molecular flexibility index (Phi) is 5.21. The van der Waals surface area contributed by atoms with Gasteiger partial charge < -0.3 is 9.64 Å². The molecule has 1 aromatic heterocycles. The molecule has 2 aliphatic rings. The maximum Gasteiger partial charge on any atom is 0.240 e. The third kappa shape index (κ3) is 4.14. The smallest absolute Gasteiger partial charge is 0.240 e. The monoisotopic (exact) mass is 331 g/mol. The Bertz CT molecular complexity index is 561. The third-order valence-corrected chi connectivity index (χ3v) is 4.89. The van der Waals surface area contributed by atoms with E-state index in [1.165, 1.54) is 5.56 Å². The fourth-order valence-corrected chi connectivity index (χ4v) is 4.02. The maximum absolute atomic E-state index is 13.2. The van der Waals surface area contributed by atoms with E-state index in [0.29, 0.717) is 13.1 Å². The number of rotatable bonds is 3. The molecule has 24 heavy (non-hydrogen) atoms. The molecule has 0 saturated carbocycles. The lowest BCUT2D eigenvalue weighted by Gasteiger charge is -2.45. The Morgan fingerprint density at radius 1 is 1.42 bits per heavy atom. The largest absolute Gasteiger partial charge is 0.369 e. The summed E-state index contributed by atoms with van der Waals surface area (Å²) in [5.74, 6) is 0.266. The molecule has 5 heteroatoms. The lowest BCUT2D eigenvalue weighted by atomic mass is 9.98. The lowest BCUT2D eigenvalue weighted by molar-refractivity contribution is -0.163. The number of piperidine rings is 1. The molecule has 0 aromatic carbocycles. The average molecular weight is 331 g/mol. The standard InChI is InChI=1S/C19H29N3O2/c1-15-12-22(14-19(2,3)24-15)18(23)17-8-4-5-10-21(17)13-16-7-6-9-20-11-16/h6-7,9,11,15,17H,4-5,8,10,12-14H2,1-3H3/t15-,17+/m0/s1. The summed E-state index contributed by atoms with van der Waals surface area (Å²) < 4.78 is 5.95. The summed E-state index contributed by atoms with van der Waals surface area (Å²) in [6.45, 7) is 9.33. The minimum absolute atomic E-state index is 0.0138. The second kappa shape index (κ2) is 7.19. The van der Waals surface area contributed by atoms with Crippen LogP contribution in [0.2, 0.25) is 0 Å². The first-order chi connectivity index (χ1) is 11.4. The Labute approximate surface area is 145 Å². The van der Waals surface area contributed by atoms with Crippen molar-refractivity contribution in [2.75, 3.05) is 19.6 Å². The highest BCUT2D eigenvalue weighted by molar-refractivity contribution is 5.82. The van der Waals surface area contributed by atoms with Gasteiger partial charge in [0.25, 0.3) is 0 Å². The molecule has 132 valence electrons. The highest BCUT2D eigenvalue weighted by Crippen LogP contribution is 2.26. The van der Waals surface area contributed by atoms with Crippen LogP contribution in [0, 0.1) is 0 Å². The van der Waals surface area contributed by atoms with Crippen molar-refractivity contribution < 1.29 is 9.53 Å². The number of nitrogens with zero attached hydrogens (tertiary/aromatic N) is 3. The van der Waals surface area contributed by atoms with Gasteiger partial charge in [0.05, 0.1) is 17.7 Å². The van der Waals surface area contributed by atoms with Gasteiger partial charge in [-0.3, -0.25) is 14.7 Å². The van der Waals surface area contributed by atoms with Crippen molar-refractivity contribution in [2.45, 2.75) is 64.3 Å². The van der Waals surface area contributed by atoms with E-state index in [2.05, 4.69) is 36.7 Å². The zero-order chi connectivity index (χ0) is 17.2.